The molecule has 0 spiro atoms. The zero-order chi connectivity index (χ0) is 13.3. The zero-order valence-electron chi connectivity index (χ0n) is 8.48. The van der Waals surface area contributed by atoms with Gasteiger partial charge in [0.2, 0.25) is 0 Å². The smallest absolute Gasteiger partial charge is 0.203 e. The number of rotatable bonds is 2. The largest absolute Gasteiger partial charge is 0.283 e. The fourth-order valence-electron chi connectivity index (χ4n) is 1.24. The number of aromatic nitrogens is 4. The molecular weight excluding hydrogens is 287 g/mol. The monoisotopic (exact) mass is 289 g/mol. The molecule has 0 aliphatic heterocycles. The maximum atomic E-state index is 12.6. The lowest BCUT2D eigenvalue weighted by atomic mass is 10.3. The Hall–Kier alpha value is -1.78. The Kier molecular flexibility index (Phi) is 3.41. The third-order valence-electron chi connectivity index (χ3n) is 2.01. The summed E-state index contributed by atoms with van der Waals surface area (Å²) in [5.74, 6) is 0.0906. The third kappa shape index (κ3) is 2.12. The van der Waals surface area contributed by atoms with Crippen molar-refractivity contribution < 1.29 is 8.78 Å². The van der Waals surface area contributed by atoms with Gasteiger partial charge in [-0.1, -0.05) is 23.2 Å². The summed E-state index contributed by atoms with van der Waals surface area (Å²) in [6.45, 7) is 0. The molecule has 0 fully saturated rings. The van der Waals surface area contributed by atoms with Crippen LogP contribution in [-0.4, -0.2) is 20.0 Å². The van der Waals surface area contributed by atoms with E-state index in [9.17, 15) is 8.78 Å². The molecule has 2 heterocycles. The standard InChI is InChI=1S/C9H3Cl2F2N5/c10-5-1-2-6(16-15-5)18-8(11)4(3-14)7(17-18)9(12)13/h1-2,9H. The van der Waals surface area contributed by atoms with Crippen molar-refractivity contribution in [3.05, 3.63) is 33.7 Å². The minimum Gasteiger partial charge on any atom is -0.203 e. The first kappa shape index (κ1) is 12.7. The maximum absolute atomic E-state index is 12.6. The van der Waals surface area contributed by atoms with Crippen LogP contribution in [-0.2, 0) is 0 Å². The number of halogens is 4. The Morgan fingerprint density at radius 1 is 1.28 bits per heavy atom. The molecule has 92 valence electrons. The summed E-state index contributed by atoms with van der Waals surface area (Å²) in [7, 11) is 0. The lowest BCUT2D eigenvalue weighted by Gasteiger charge is -1.99. The van der Waals surface area contributed by atoms with E-state index in [-0.39, 0.29) is 21.7 Å². The fraction of sp³-hybridized carbons (Fsp3) is 0.111. The first-order chi connectivity index (χ1) is 8.54. The van der Waals surface area contributed by atoms with Gasteiger partial charge in [-0.2, -0.15) is 10.4 Å². The molecule has 0 atom stereocenters. The van der Waals surface area contributed by atoms with Gasteiger partial charge in [0.25, 0.3) is 6.43 Å². The van der Waals surface area contributed by atoms with E-state index in [2.05, 4.69) is 15.3 Å². The van der Waals surface area contributed by atoms with E-state index in [0.717, 1.165) is 4.68 Å². The normalized spacial score (nSPS) is 10.7. The molecule has 9 heteroatoms. The van der Waals surface area contributed by atoms with E-state index < -0.39 is 12.1 Å². The molecule has 18 heavy (non-hydrogen) atoms. The molecule has 5 nitrogen and oxygen atoms in total. The molecule has 0 saturated heterocycles. The molecule has 2 rings (SSSR count). The van der Waals surface area contributed by atoms with Crippen LogP contribution in [0.15, 0.2) is 12.1 Å². The summed E-state index contributed by atoms with van der Waals surface area (Å²) in [6, 6.07) is 4.37. The van der Waals surface area contributed by atoms with Crippen molar-refractivity contribution in [3.8, 4) is 11.9 Å². The van der Waals surface area contributed by atoms with Crippen LogP contribution in [0.1, 0.15) is 17.7 Å². The highest BCUT2D eigenvalue weighted by molar-refractivity contribution is 6.31. The lowest BCUT2D eigenvalue weighted by molar-refractivity contribution is 0.145. The van der Waals surface area contributed by atoms with E-state index in [1.54, 1.807) is 6.07 Å². The van der Waals surface area contributed by atoms with Crippen molar-refractivity contribution >= 4 is 23.2 Å². The Bertz CT molecular complexity index is 617. The van der Waals surface area contributed by atoms with Gasteiger partial charge in [-0.3, -0.25) is 0 Å². The van der Waals surface area contributed by atoms with Crippen LogP contribution in [0.5, 0.6) is 0 Å². The average Bonchev–Trinajstić information content (AvgIpc) is 2.67. The van der Waals surface area contributed by atoms with Crippen LogP contribution in [0.25, 0.3) is 5.82 Å². The second-order valence-electron chi connectivity index (χ2n) is 3.09. The summed E-state index contributed by atoms with van der Waals surface area (Å²) < 4.78 is 26.2. The van der Waals surface area contributed by atoms with E-state index in [0.29, 0.717) is 0 Å². The number of nitriles is 1. The Morgan fingerprint density at radius 2 is 2.00 bits per heavy atom. The van der Waals surface area contributed by atoms with Crippen molar-refractivity contribution in [1.29, 1.82) is 5.26 Å². The van der Waals surface area contributed by atoms with Crippen molar-refractivity contribution in [3.63, 3.8) is 0 Å². The Balaban J connectivity index is 2.59. The molecule has 2 aromatic heterocycles. The minimum atomic E-state index is -2.90. The SMILES string of the molecule is N#Cc1c(C(F)F)nn(-c2ccc(Cl)nn2)c1Cl. The highest BCUT2D eigenvalue weighted by Crippen LogP contribution is 2.28. The molecule has 0 saturated carbocycles. The van der Waals surface area contributed by atoms with Crippen LogP contribution in [0.2, 0.25) is 10.3 Å². The van der Waals surface area contributed by atoms with Gasteiger partial charge in [-0.15, -0.1) is 10.2 Å². The summed E-state index contributed by atoms with van der Waals surface area (Å²) in [5, 5.41) is 19.4. The number of hydrogen-bond acceptors (Lipinski definition) is 4. The van der Waals surface area contributed by atoms with Gasteiger partial charge >= 0.3 is 0 Å². The van der Waals surface area contributed by atoms with Gasteiger partial charge in [0, 0.05) is 0 Å². The molecule has 0 N–H and O–H groups in total. The predicted octanol–water partition coefficient (Wildman–Crippen LogP) is 2.78. The molecule has 0 amide bonds. The fourth-order valence-corrected chi connectivity index (χ4v) is 1.61. The van der Waals surface area contributed by atoms with Crippen LogP contribution in [0, 0.1) is 11.3 Å². The van der Waals surface area contributed by atoms with Gasteiger partial charge < -0.3 is 0 Å². The van der Waals surface area contributed by atoms with Gasteiger partial charge in [0.1, 0.15) is 17.3 Å². The first-order valence-corrected chi connectivity index (χ1v) is 5.26. The third-order valence-corrected chi connectivity index (χ3v) is 2.56. The summed E-state index contributed by atoms with van der Waals surface area (Å²) >= 11 is 11.3. The van der Waals surface area contributed by atoms with Crippen LogP contribution < -0.4 is 0 Å². The highest BCUT2D eigenvalue weighted by Gasteiger charge is 2.24. The minimum absolute atomic E-state index is 0.0906. The van der Waals surface area contributed by atoms with Crippen molar-refractivity contribution in [2.75, 3.05) is 0 Å². The van der Waals surface area contributed by atoms with Gasteiger partial charge in [-0.25, -0.2) is 13.5 Å². The molecule has 0 aliphatic rings. The summed E-state index contributed by atoms with van der Waals surface area (Å²) in [5.41, 5.74) is -1.08. The second kappa shape index (κ2) is 4.84. The molecule has 0 aliphatic carbocycles. The van der Waals surface area contributed by atoms with Crippen LogP contribution in [0.3, 0.4) is 0 Å². The Morgan fingerprint density at radius 3 is 2.44 bits per heavy atom. The van der Waals surface area contributed by atoms with Crippen LogP contribution >= 0.6 is 23.2 Å². The predicted molar refractivity (Wildman–Crippen MR) is 58.8 cm³/mol. The molecular formula is C9H3Cl2F2N5. The number of hydrogen-bond donors (Lipinski definition) is 0. The molecule has 0 unspecified atom stereocenters. The van der Waals surface area contributed by atoms with Crippen molar-refractivity contribution in [2.24, 2.45) is 0 Å². The van der Waals surface area contributed by atoms with Crippen LogP contribution in [0.4, 0.5) is 8.78 Å². The van der Waals surface area contributed by atoms with Crippen molar-refractivity contribution in [2.45, 2.75) is 6.43 Å². The highest BCUT2D eigenvalue weighted by atomic mass is 35.5. The lowest BCUT2D eigenvalue weighted by Crippen LogP contribution is -2.01. The summed E-state index contributed by atoms with van der Waals surface area (Å²) in [4.78, 5) is 0. The van der Waals surface area contributed by atoms with E-state index in [1.807, 2.05) is 0 Å². The topological polar surface area (TPSA) is 67.4 Å². The van der Waals surface area contributed by atoms with E-state index >= 15 is 0 Å². The zero-order valence-corrected chi connectivity index (χ0v) is 9.99. The molecule has 0 bridgehead atoms. The first-order valence-electron chi connectivity index (χ1n) is 4.51. The number of nitrogens with zero attached hydrogens (tertiary/aromatic N) is 5. The molecule has 2 aromatic rings. The summed E-state index contributed by atoms with van der Waals surface area (Å²) in [6.07, 6.45) is -2.90. The van der Waals surface area contributed by atoms with Crippen molar-refractivity contribution in [1.82, 2.24) is 20.0 Å². The average molecular weight is 290 g/mol. The van der Waals surface area contributed by atoms with Gasteiger partial charge in [-0.05, 0) is 12.1 Å². The Labute approximate surface area is 110 Å². The van der Waals surface area contributed by atoms with Gasteiger partial charge in [0.05, 0.1) is 0 Å². The second-order valence-corrected chi connectivity index (χ2v) is 3.83. The maximum Gasteiger partial charge on any atom is 0.283 e. The van der Waals surface area contributed by atoms with E-state index in [4.69, 9.17) is 28.5 Å². The van der Waals surface area contributed by atoms with E-state index in [1.165, 1.54) is 12.1 Å². The van der Waals surface area contributed by atoms with Gasteiger partial charge in [0.15, 0.2) is 16.1 Å². The molecule has 0 aromatic carbocycles. The quantitative estimate of drug-likeness (QED) is 0.852. The number of alkyl halides is 2. The molecule has 0 radical (unpaired) electrons.